The fraction of sp³-hybridized carbons (Fsp3) is 0.364. The molecule has 5 nitrogen and oxygen atoms in total. The number of phenolic OH excluding ortho intramolecular Hbond substituents is 1. The van der Waals surface area contributed by atoms with Gasteiger partial charge in [0.15, 0.2) is 5.82 Å². The summed E-state index contributed by atoms with van der Waals surface area (Å²) in [6.45, 7) is 4.00. The average Bonchev–Trinajstić information content (AvgIpc) is 2.70. The van der Waals surface area contributed by atoms with Crippen molar-refractivity contribution in [1.29, 1.82) is 0 Å². The maximum absolute atomic E-state index is 10.2. The highest BCUT2D eigenvalue weighted by Crippen LogP contribution is 2.31. The molecule has 1 fully saturated rings. The number of rotatable bonds is 3. The van der Waals surface area contributed by atoms with Gasteiger partial charge in [0, 0.05) is 17.5 Å². The van der Waals surface area contributed by atoms with Gasteiger partial charge in [-0.25, -0.2) is 9.97 Å². The van der Waals surface area contributed by atoms with E-state index >= 15 is 0 Å². The van der Waals surface area contributed by atoms with Crippen LogP contribution in [-0.4, -0.2) is 27.2 Å². The summed E-state index contributed by atoms with van der Waals surface area (Å²) in [4.78, 5) is 9.37. The Hall–Kier alpha value is -2.66. The van der Waals surface area contributed by atoms with E-state index in [0.29, 0.717) is 17.4 Å². The molecule has 4 N–H and O–H groups in total. The molecule has 0 radical (unpaired) electrons. The van der Waals surface area contributed by atoms with E-state index in [-0.39, 0.29) is 11.8 Å². The number of hydrogen-bond acceptors (Lipinski definition) is 5. The van der Waals surface area contributed by atoms with Crippen molar-refractivity contribution in [1.82, 2.24) is 9.97 Å². The largest absolute Gasteiger partial charge is 0.507 e. The second kappa shape index (κ2) is 8.82. The molecule has 0 amide bonds. The molecule has 1 aromatic heterocycles. The molecule has 0 aliphatic heterocycles. The number of nitrogens with zero attached hydrogens (tertiary/aromatic N) is 2. The van der Waals surface area contributed by atoms with Gasteiger partial charge >= 0.3 is 0 Å². The van der Waals surface area contributed by atoms with Gasteiger partial charge in [0.05, 0.1) is 11.1 Å². The van der Waals surface area contributed by atoms with Crippen molar-refractivity contribution in [3.05, 3.63) is 48.5 Å². The first-order valence-electron chi connectivity index (χ1n) is 9.78. The fourth-order valence-corrected chi connectivity index (χ4v) is 3.52. The second-order valence-corrected chi connectivity index (χ2v) is 6.70. The fourth-order valence-electron chi connectivity index (χ4n) is 3.52. The summed E-state index contributed by atoms with van der Waals surface area (Å²) >= 11 is 0. The highest BCUT2D eigenvalue weighted by molar-refractivity contribution is 5.91. The molecule has 0 spiro atoms. The summed E-state index contributed by atoms with van der Waals surface area (Å²) < 4.78 is 0. The first-order chi connectivity index (χ1) is 13.2. The Morgan fingerprint density at radius 3 is 2.52 bits per heavy atom. The minimum absolute atomic E-state index is 0.184. The molecule has 1 aliphatic rings. The van der Waals surface area contributed by atoms with Gasteiger partial charge in [0.25, 0.3) is 0 Å². The molecule has 1 aliphatic carbocycles. The van der Waals surface area contributed by atoms with Gasteiger partial charge in [0.1, 0.15) is 11.6 Å². The van der Waals surface area contributed by atoms with Gasteiger partial charge in [-0.3, -0.25) is 0 Å². The minimum Gasteiger partial charge on any atom is -0.507 e. The number of phenols is 1. The zero-order valence-corrected chi connectivity index (χ0v) is 16.0. The molecule has 0 bridgehead atoms. The maximum atomic E-state index is 10.2. The number of anilines is 1. The number of aromatic nitrogens is 2. The maximum Gasteiger partial charge on any atom is 0.165 e. The topological polar surface area (TPSA) is 84.1 Å². The first kappa shape index (κ1) is 19.1. The number of nitrogens with two attached hydrogens (primary N) is 1. The summed E-state index contributed by atoms with van der Waals surface area (Å²) in [6.07, 6.45) is 4.27. The lowest BCUT2D eigenvalue weighted by Gasteiger charge is -2.28. The number of benzene rings is 2. The van der Waals surface area contributed by atoms with E-state index in [4.69, 9.17) is 10.7 Å². The Balaban J connectivity index is 0.00000102. The van der Waals surface area contributed by atoms with E-state index in [9.17, 15) is 5.11 Å². The molecule has 3 aromatic rings. The van der Waals surface area contributed by atoms with Crippen LogP contribution in [-0.2, 0) is 0 Å². The molecule has 2 aromatic carbocycles. The molecule has 1 heterocycles. The van der Waals surface area contributed by atoms with Gasteiger partial charge in [-0.1, -0.05) is 38.1 Å². The monoisotopic (exact) mass is 364 g/mol. The predicted octanol–water partition coefficient (Wildman–Crippen LogP) is 4.71. The average molecular weight is 364 g/mol. The van der Waals surface area contributed by atoms with Gasteiger partial charge in [0.2, 0.25) is 0 Å². The molecule has 5 heteroatoms. The lowest BCUT2D eigenvalue weighted by molar-refractivity contribution is 0.409. The Morgan fingerprint density at radius 2 is 1.74 bits per heavy atom. The molecular weight excluding hydrogens is 336 g/mol. The SMILES string of the molecule is CC.NC1CCCC(Nc2nc(-c3ccccc3O)nc3ccccc23)C1. The smallest absolute Gasteiger partial charge is 0.165 e. The summed E-state index contributed by atoms with van der Waals surface area (Å²) in [6, 6.07) is 15.7. The number of aromatic hydroxyl groups is 1. The van der Waals surface area contributed by atoms with Crippen molar-refractivity contribution in [2.45, 2.75) is 51.6 Å². The standard InChI is InChI=1S/C20H22N4O.C2H6/c21-13-6-5-7-14(12-13)22-19-15-8-1-3-10-17(15)23-20(24-19)16-9-2-4-11-18(16)25;1-2/h1-4,8-11,13-14,25H,5-7,12,21H2,(H,22,23,24);1-2H3. The van der Waals surface area contributed by atoms with Crippen LogP contribution in [0.2, 0.25) is 0 Å². The summed E-state index contributed by atoms with van der Waals surface area (Å²) in [5.74, 6) is 1.52. The second-order valence-electron chi connectivity index (χ2n) is 6.70. The Bertz CT molecular complexity index is 896. The third-order valence-corrected chi connectivity index (χ3v) is 4.80. The van der Waals surface area contributed by atoms with Crippen molar-refractivity contribution in [2.75, 3.05) is 5.32 Å². The summed E-state index contributed by atoms with van der Waals surface area (Å²) in [5, 5.41) is 14.7. The van der Waals surface area contributed by atoms with E-state index < -0.39 is 0 Å². The molecular formula is C22H28N4O. The number of nitrogens with one attached hydrogen (secondary N) is 1. The summed E-state index contributed by atoms with van der Waals surface area (Å²) in [5.41, 5.74) is 7.62. The summed E-state index contributed by atoms with van der Waals surface area (Å²) in [7, 11) is 0. The van der Waals surface area contributed by atoms with Crippen molar-refractivity contribution < 1.29 is 5.11 Å². The van der Waals surface area contributed by atoms with Gasteiger partial charge in [-0.15, -0.1) is 0 Å². The van der Waals surface area contributed by atoms with Crippen LogP contribution < -0.4 is 11.1 Å². The molecule has 2 atom stereocenters. The first-order valence-corrected chi connectivity index (χ1v) is 9.78. The highest BCUT2D eigenvalue weighted by atomic mass is 16.3. The predicted molar refractivity (Wildman–Crippen MR) is 112 cm³/mol. The van der Waals surface area contributed by atoms with Crippen LogP contribution in [0, 0.1) is 0 Å². The number of para-hydroxylation sites is 2. The highest BCUT2D eigenvalue weighted by Gasteiger charge is 2.21. The minimum atomic E-state index is 0.184. The van der Waals surface area contributed by atoms with Crippen molar-refractivity contribution in [3.8, 4) is 17.1 Å². The van der Waals surface area contributed by atoms with Crippen LogP contribution in [0.3, 0.4) is 0 Å². The molecule has 142 valence electrons. The molecule has 2 unspecified atom stereocenters. The quantitative estimate of drug-likeness (QED) is 0.627. The van der Waals surface area contributed by atoms with Crippen LogP contribution in [0.1, 0.15) is 39.5 Å². The van der Waals surface area contributed by atoms with Crippen LogP contribution in [0.4, 0.5) is 5.82 Å². The molecule has 1 saturated carbocycles. The molecule has 4 rings (SSSR count). The number of fused-ring (bicyclic) bond motifs is 1. The van der Waals surface area contributed by atoms with Gasteiger partial charge in [-0.2, -0.15) is 0 Å². The number of hydrogen-bond donors (Lipinski definition) is 3. The van der Waals surface area contributed by atoms with Gasteiger partial charge < -0.3 is 16.2 Å². The van der Waals surface area contributed by atoms with Crippen molar-refractivity contribution in [3.63, 3.8) is 0 Å². The van der Waals surface area contributed by atoms with Crippen LogP contribution in [0.5, 0.6) is 5.75 Å². The van der Waals surface area contributed by atoms with Crippen molar-refractivity contribution in [2.24, 2.45) is 5.73 Å². The zero-order chi connectivity index (χ0) is 19.2. The van der Waals surface area contributed by atoms with Gasteiger partial charge in [-0.05, 0) is 49.9 Å². The van der Waals surface area contributed by atoms with Crippen LogP contribution in [0.15, 0.2) is 48.5 Å². The molecule has 0 saturated heterocycles. The lowest BCUT2D eigenvalue weighted by atomic mass is 9.91. The molecule has 27 heavy (non-hydrogen) atoms. The van der Waals surface area contributed by atoms with E-state index in [1.165, 1.54) is 0 Å². The Morgan fingerprint density at radius 1 is 1.00 bits per heavy atom. The Kier molecular flexibility index (Phi) is 6.24. The van der Waals surface area contributed by atoms with E-state index in [1.807, 2.05) is 50.2 Å². The van der Waals surface area contributed by atoms with E-state index in [2.05, 4.69) is 10.3 Å². The van der Waals surface area contributed by atoms with Crippen LogP contribution in [0.25, 0.3) is 22.3 Å². The lowest BCUT2D eigenvalue weighted by Crippen LogP contribution is -2.35. The van der Waals surface area contributed by atoms with Crippen molar-refractivity contribution >= 4 is 16.7 Å². The zero-order valence-electron chi connectivity index (χ0n) is 16.0. The van der Waals surface area contributed by atoms with Crippen LogP contribution >= 0.6 is 0 Å². The Labute approximate surface area is 160 Å². The third kappa shape index (κ3) is 4.37. The third-order valence-electron chi connectivity index (χ3n) is 4.80. The van der Waals surface area contributed by atoms with E-state index in [0.717, 1.165) is 42.4 Å². The van der Waals surface area contributed by atoms with E-state index in [1.54, 1.807) is 12.1 Å². The normalized spacial score (nSPS) is 19.2.